The second-order valence-electron chi connectivity index (χ2n) is 3.44. The Morgan fingerprint density at radius 3 is 3.00 bits per heavy atom. The van der Waals surface area contributed by atoms with Crippen molar-refractivity contribution in [1.82, 2.24) is 4.98 Å². The van der Waals surface area contributed by atoms with Gasteiger partial charge in [0.05, 0.1) is 5.38 Å². The van der Waals surface area contributed by atoms with Crippen LogP contribution in [0.5, 0.6) is 0 Å². The van der Waals surface area contributed by atoms with Crippen LogP contribution in [0.3, 0.4) is 0 Å². The van der Waals surface area contributed by atoms with E-state index in [1.807, 2.05) is 18.5 Å². The fourth-order valence-electron chi connectivity index (χ4n) is 1.70. The highest BCUT2D eigenvalue weighted by molar-refractivity contribution is 6.22. The highest BCUT2D eigenvalue weighted by Gasteiger charge is 2.15. The van der Waals surface area contributed by atoms with Crippen molar-refractivity contribution in [1.29, 1.82) is 0 Å². The Hall–Kier alpha value is -0.820. The number of hydrogen-bond acceptors (Lipinski definition) is 1. The van der Waals surface area contributed by atoms with E-state index in [1.165, 1.54) is 16.7 Å². The zero-order valence-corrected chi connectivity index (χ0v) is 8.38. The van der Waals surface area contributed by atoms with E-state index in [4.69, 9.17) is 11.6 Å². The minimum absolute atomic E-state index is 0.217. The van der Waals surface area contributed by atoms with E-state index in [1.54, 1.807) is 0 Å². The van der Waals surface area contributed by atoms with Gasteiger partial charge >= 0.3 is 0 Å². The molecule has 1 heterocycles. The normalized spacial score (nSPS) is 21.7. The van der Waals surface area contributed by atoms with Gasteiger partial charge in [0.15, 0.2) is 0 Å². The third-order valence-electron chi connectivity index (χ3n) is 2.46. The minimum atomic E-state index is 0.217. The molecule has 0 aromatic carbocycles. The van der Waals surface area contributed by atoms with Crippen LogP contribution in [0, 0.1) is 6.92 Å². The average molecular weight is 194 g/mol. The SMILES string of the molecule is Cc1ccncc1C1=CC(Cl)CC1. The van der Waals surface area contributed by atoms with Crippen LogP contribution in [0.2, 0.25) is 0 Å². The minimum Gasteiger partial charge on any atom is -0.264 e. The number of rotatable bonds is 1. The van der Waals surface area contributed by atoms with Crippen molar-refractivity contribution >= 4 is 17.2 Å². The van der Waals surface area contributed by atoms with Gasteiger partial charge in [-0.2, -0.15) is 0 Å². The largest absolute Gasteiger partial charge is 0.264 e. The van der Waals surface area contributed by atoms with Gasteiger partial charge in [0, 0.05) is 12.4 Å². The van der Waals surface area contributed by atoms with Gasteiger partial charge in [-0.25, -0.2) is 0 Å². The Bertz CT molecular complexity index is 344. The van der Waals surface area contributed by atoms with Crippen molar-refractivity contribution in [2.45, 2.75) is 25.1 Å². The van der Waals surface area contributed by atoms with Crippen molar-refractivity contribution < 1.29 is 0 Å². The molecule has 0 bridgehead atoms. The molecule has 1 nitrogen and oxygen atoms in total. The van der Waals surface area contributed by atoms with Crippen molar-refractivity contribution in [3.05, 3.63) is 35.7 Å². The number of hydrogen-bond donors (Lipinski definition) is 0. The van der Waals surface area contributed by atoms with Crippen LogP contribution in [0.1, 0.15) is 24.0 Å². The summed E-state index contributed by atoms with van der Waals surface area (Å²) >= 11 is 6.01. The number of nitrogens with zero attached hydrogens (tertiary/aromatic N) is 1. The summed E-state index contributed by atoms with van der Waals surface area (Å²) in [5.41, 5.74) is 3.89. The molecule has 1 aliphatic rings. The van der Waals surface area contributed by atoms with Gasteiger partial charge in [-0.05, 0) is 42.5 Å². The topological polar surface area (TPSA) is 12.9 Å². The predicted octanol–water partition coefficient (Wildman–Crippen LogP) is 3.17. The van der Waals surface area contributed by atoms with E-state index in [0.717, 1.165) is 12.8 Å². The quantitative estimate of drug-likeness (QED) is 0.625. The first-order chi connectivity index (χ1) is 6.27. The van der Waals surface area contributed by atoms with Crippen LogP contribution in [-0.4, -0.2) is 10.4 Å². The summed E-state index contributed by atoms with van der Waals surface area (Å²) in [6.07, 6.45) is 8.04. The van der Waals surface area contributed by atoms with Gasteiger partial charge in [-0.15, -0.1) is 11.6 Å². The Labute approximate surface area is 83.4 Å². The molecule has 0 fully saturated rings. The lowest BCUT2D eigenvalue weighted by Crippen LogP contribution is -1.87. The van der Waals surface area contributed by atoms with Crippen molar-refractivity contribution in [2.24, 2.45) is 0 Å². The molecule has 0 N–H and O–H groups in total. The van der Waals surface area contributed by atoms with Crippen LogP contribution >= 0.6 is 11.6 Å². The number of alkyl halides is 1. The Kier molecular flexibility index (Phi) is 2.36. The Balaban J connectivity index is 2.36. The molecule has 0 spiro atoms. The molecule has 13 heavy (non-hydrogen) atoms. The van der Waals surface area contributed by atoms with E-state index in [2.05, 4.69) is 18.0 Å². The zero-order chi connectivity index (χ0) is 9.26. The highest BCUT2D eigenvalue weighted by atomic mass is 35.5. The van der Waals surface area contributed by atoms with Gasteiger partial charge in [-0.1, -0.05) is 6.08 Å². The van der Waals surface area contributed by atoms with Crippen LogP contribution < -0.4 is 0 Å². The van der Waals surface area contributed by atoms with E-state index < -0.39 is 0 Å². The average Bonchev–Trinajstić information content (AvgIpc) is 2.53. The first kappa shape index (κ1) is 8.76. The summed E-state index contributed by atoms with van der Waals surface area (Å²) in [5.74, 6) is 0. The van der Waals surface area contributed by atoms with Crippen LogP contribution in [0.25, 0.3) is 5.57 Å². The van der Waals surface area contributed by atoms with Gasteiger partial charge in [0.25, 0.3) is 0 Å². The maximum Gasteiger partial charge on any atom is 0.0525 e. The second kappa shape index (κ2) is 3.51. The second-order valence-corrected chi connectivity index (χ2v) is 4.00. The van der Waals surface area contributed by atoms with E-state index in [0.29, 0.717) is 0 Å². The number of allylic oxidation sites excluding steroid dienone is 2. The molecule has 0 amide bonds. The maximum absolute atomic E-state index is 6.01. The van der Waals surface area contributed by atoms with Crippen molar-refractivity contribution in [3.63, 3.8) is 0 Å². The molecule has 68 valence electrons. The summed E-state index contributed by atoms with van der Waals surface area (Å²) in [6.45, 7) is 2.11. The first-order valence-corrected chi connectivity index (χ1v) is 4.97. The highest BCUT2D eigenvalue weighted by Crippen LogP contribution is 2.31. The van der Waals surface area contributed by atoms with E-state index in [9.17, 15) is 0 Å². The number of aromatic nitrogens is 1. The van der Waals surface area contributed by atoms with Crippen molar-refractivity contribution in [3.8, 4) is 0 Å². The van der Waals surface area contributed by atoms with E-state index >= 15 is 0 Å². The lowest BCUT2D eigenvalue weighted by atomic mass is 10.0. The molecule has 1 aromatic rings. The molecule has 2 heteroatoms. The monoisotopic (exact) mass is 193 g/mol. The fourth-order valence-corrected chi connectivity index (χ4v) is 1.96. The summed E-state index contributed by atoms with van der Waals surface area (Å²) in [6, 6.07) is 2.04. The lowest BCUT2D eigenvalue weighted by Gasteiger charge is -2.04. The Morgan fingerprint density at radius 1 is 1.54 bits per heavy atom. The smallest absolute Gasteiger partial charge is 0.0525 e. The summed E-state index contributed by atoms with van der Waals surface area (Å²) in [7, 11) is 0. The van der Waals surface area contributed by atoms with Gasteiger partial charge in [-0.3, -0.25) is 4.98 Å². The molecule has 1 aliphatic carbocycles. The van der Waals surface area contributed by atoms with Gasteiger partial charge in [0.1, 0.15) is 0 Å². The number of aryl methyl sites for hydroxylation is 1. The molecular weight excluding hydrogens is 182 g/mol. The molecule has 2 rings (SSSR count). The van der Waals surface area contributed by atoms with Gasteiger partial charge < -0.3 is 0 Å². The molecule has 1 unspecified atom stereocenters. The lowest BCUT2D eigenvalue weighted by molar-refractivity contribution is 0.941. The molecule has 0 saturated heterocycles. The summed E-state index contributed by atoms with van der Waals surface area (Å²) in [5, 5.41) is 0.217. The molecule has 1 atom stereocenters. The maximum atomic E-state index is 6.01. The van der Waals surface area contributed by atoms with Crippen LogP contribution in [0.15, 0.2) is 24.5 Å². The first-order valence-electron chi connectivity index (χ1n) is 4.53. The van der Waals surface area contributed by atoms with Gasteiger partial charge in [0.2, 0.25) is 0 Å². The molecule has 0 radical (unpaired) electrons. The summed E-state index contributed by atoms with van der Waals surface area (Å²) in [4.78, 5) is 4.13. The molecule has 1 aromatic heterocycles. The molecular formula is C11H12ClN. The van der Waals surface area contributed by atoms with Crippen LogP contribution in [-0.2, 0) is 0 Å². The summed E-state index contributed by atoms with van der Waals surface area (Å²) < 4.78 is 0. The Morgan fingerprint density at radius 2 is 2.38 bits per heavy atom. The van der Waals surface area contributed by atoms with Crippen molar-refractivity contribution in [2.75, 3.05) is 0 Å². The molecule has 0 saturated carbocycles. The van der Waals surface area contributed by atoms with E-state index in [-0.39, 0.29) is 5.38 Å². The fraction of sp³-hybridized carbons (Fsp3) is 0.364. The zero-order valence-electron chi connectivity index (χ0n) is 7.63. The van der Waals surface area contributed by atoms with Crippen LogP contribution in [0.4, 0.5) is 0 Å². The standard InChI is InChI=1S/C11H12ClN/c1-8-4-5-13-7-11(8)9-2-3-10(12)6-9/h4-7,10H,2-3H2,1H3. The third-order valence-corrected chi connectivity index (χ3v) is 2.80. The number of pyridine rings is 1. The predicted molar refractivity (Wildman–Crippen MR) is 55.8 cm³/mol. The number of halogens is 1. The molecule has 0 aliphatic heterocycles. The third kappa shape index (κ3) is 1.75.